The third-order valence-corrected chi connectivity index (χ3v) is 5.90. The monoisotopic (exact) mass is 445 g/mol. The van der Waals surface area contributed by atoms with E-state index in [2.05, 4.69) is 20.8 Å². The van der Waals surface area contributed by atoms with E-state index in [1.54, 1.807) is 43.5 Å². The van der Waals surface area contributed by atoms with Crippen LogP contribution in [0.4, 0.5) is 0 Å². The Morgan fingerprint density at radius 2 is 1.70 bits per heavy atom. The number of hydrogen-bond acceptors (Lipinski definition) is 5. The number of furan rings is 1. The van der Waals surface area contributed by atoms with Crippen molar-refractivity contribution < 1.29 is 23.8 Å². The van der Waals surface area contributed by atoms with Crippen LogP contribution in [-0.2, 0) is 21.5 Å². The summed E-state index contributed by atoms with van der Waals surface area (Å²) >= 11 is 0. The molecule has 2 aromatic carbocycles. The molecule has 0 aliphatic carbocycles. The number of methoxy groups -OCH3 is 1. The predicted molar refractivity (Wildman–Crippen MR) is 125 cm³/mol. The Hall–Kier alpha value is -3.80. The minimum Gasteiger partial charge on any atom is -0.507 e. The summed E-state index contributed by atoms with van der Waals surface area (Å²) < 4.78 is 10.6. The number of Topliss-reactive ketones (excluding diaryl/α,β-unsaturated/α-hetero) is 1. The Balaban J connectivity index is 1.83. The molecule has 4 rings (SSSR count). The van der Waals surface area contributed by atoms with Gasteiger partial charge in [0.1, 0.15) is 17.3 Å². The first kappa shape index (κ1) is 22.4. The number of aliphatic hydroxyl groups is 1. The van der Waals surface area contributed by atoms with Gasteiger partial charge in [-0.05, 0) is 52.9 Å². The number of likely N-dealkylation sites (tertiary alicyclic amines) is 1. The Kier molecular flexibility index (Phi) is 5.85. The van der Waals surface area contributed by atoms with Gasteiger partial charge in [-0.15, -0.1) is 0 Å². The first-order chi connectivity index (χ1) is 15.7. The van der Waals surface area contributed by atoms with Crippen LogP contribution in [0, 0.1) is 0 Å². The summed E-state index contributed by atoms with van der Waals surface area (Å²) in [7, 11) is 1.55. The lowest BCUT2D eigenvalue weighted by Crippen LogP contribution is -2.29. The molecule has 1 amide bonds. The van der Waals surface area contributed by atoms with E-state index in [4.69, 9.17) is 9.15 Å². The number of hydrogen-bond donors (Lipinski definition) is 1. The average Bonchev–Trinajstić information content (AvgIpc) is 3.40. The van der Waals surface area contributed by atoms with E-state index in [0.717, 1.165) is 11.1 Å². The normalized spacial score (nSPS) is 18.1. The molecule has 0 unspecified atom stereocenters. The highest BCUT2D eigenvalue weighted by Gasteiger charge is 2.46. The zero-order valence-corrected chi connectivity index (χ0v) is 19.2. The van der Waals surface area contributed by atoms with Gasteiger partial charge in [-0.2, -0.15) is 0 Å². The lowest BCUT2D eigenvalue weighted by atomic mass is 9.85. The van der Waals surface area contributed by atoms with Crippen molar-refractivity contribution in [3.63, 3.8) is 0 Å². The molecule has 33 heavy (non-hydrogen) atoms. The highest BCUT2D eigenvalue weighted by atomic mass is 16.5. The molecule has 0 bridgehead atoms. The number of amides is 1. The minimum absolute atomic E-state index is 0.0440. The summed E-state index contributed by atoms with van der Waals surface area (Å²) in [5.41, 5.74) is 2.31. The topological polar surface area (TPSA) is 80.0 Å². The maximum Gasteiger partial charge on any atom is 0.296 e. The zero-order chi connectivity index (χ0) is 23.8. The van der Waals surface area contributed by atoms with E-state index in [1.165, 1.54) is 11.2 Å². The highest BCUT2D eigenvalue weighted by molar-refractivity contribution is 6.46. The number of nitrogens with zero attached hydrogens (tertiary/aromatic N) is 1. The second-order valence-electron chi connectivity index (χ2n) is 9.11. The number of benzene rings is 2. The van der Waals surface area contributed by atoms with Crippen LogP contribution in [-0.4, -0.2) is 28.8 Å². The SMILES string of the molecule is COc1ccc(/C(O)=C2\C(=O)C(=O)N(Cc3ccco3)[C@@H]2c2ccc(C(C)(C)C)cc2)cc1. The summed E-state index contributed by atoms with van der Waals surface area (Å²) in [6.07, 6.45) is 1.52. The molecule has 1 aromatic heterocycles. The smallest absolute Gasteiger partial charge is 0.296 e. The molecule has 0 saturated carbocycles. The van der Waals surface area contributed by atoms with Crippen molar-refractivity contribution in [3.8, 4) is 5.75 Å². The third-order valence-electron chi connectivity index (χ3n) is 5.90. The van der Waals surface area contributed by atoms with Crippen LogP contribution in [0.5, 0.6) is 5.75 Å². The standard InChI is InChI=1S/C27H27NO5/c1-27(2,3)19-11-7-17(8-12-19)23-22(24(29)18-9-13-20(32-4)14-10-18)25(30)26(31)28(23)16-21-6-5-15-33-21/h5-15,23,29H,16H2,1-4H3/b24-22+/t23-/m1/s1. The lowest BCUT2D eigenvalue weighted by molar-refractivity contribution is -0.140. The van der Waals surface area contributed by atoms with E-state index in [0.29, 0.717) is 17.1 Å². The van der Waals surface area contributed by atoms with Crippen LogP contribution in [0.2, 0.25) is 0 Å². The van der Waals surface area contributed by atoms with Crippen molar-refractivity contribution >= 4 is 17.4 Å². The largest absolute Gasteiger partial charge is 0.507 e. The van der Waals surface area contributed by atoms with Crippen molar-refractivity contribution in [2.24, 2.45) is 0 Å². The summed E-state index contributed by atoms with van der Waals surface area (Å²) in [5.74, 6) is -0.439. The maximum absolute atomic E-state index is 13.1. The van der Waals surface area contributed by atoms with E-state index in [1.807, 2.05) is 24.3 Å². The Morgan fingerprint density at radius 3 is 2.24 bits per heavy atom. The van der Waals surface area contributed by atoms with Gasteiger partial charge in [-0.3, -0.25) is 9.59 Å². The molecule has 0 radical (unpaired) electrons. The highest BCUT2D eigenvalue weighted by Crippen LogP contribution is 2.41. The van der Waals surface area contributed by atoms with Crippen LogP contribution in [0.15, 0.2) is 76.9 Å². The van der Waals surface area contributed by atoms with Crippen molar-refractivity contribution in [2.75, 3.05) is 7.11 Å². The first-order valence-corrected chi connectivity index (χ1v) is 10.8. The molecular formula is C27H27NO5. The van der Waals surface area contributed by atoms with Gasteiger partial charge in [0.05, 0.1) is 31.5 Å². The summed E-state index contributed by atoms with van der Waals surface area (Å²) in [5, 5.41) is 11.1. The second kappa shape index (κ2) is 8.62. The Labute approximate surface area is 193 Å². The molecule has 1 aliphatic rings. The van der Waals surface area contributed by atoms with Crippen molar-refractivity contribution in [1.29, 1.82) is 0 Å². The molecule has 1 atom stereocenters. The van der Waals surface area contributed by atoms with Gasteiger partial charge in [-0.25, -0.2) is 0 Å². The fourth-order valence-electron chi connectivity index (χ4n) is 4.03. The first-order valence-electron chi connectivity index (χ1n) is 10.8. The van der Waals surface area contributed by atoms with Gasteiger partial charge >= 0.3 is 0 Å². The molecule has 1 fully saturated rings. The zero-order valence-electron chi connectivity index (χ0n) is 19.2. The molecule has 170 valence electrons. The fraction of sp³-hybridized carbons (Fsp3) is 0.259. The van der Waals surface area contributed by atoms with Crippen molar-refractivity contribution in [1.82, 2.24) is 4.90 Å². The number of carbonyl (C=O) groups excluding carboxylic acids is 2. The number of aliphatic hydroxyl groups excluding tert-OH is 1. The molecular weight excluding hydrogens is 418 g/mol. The predicted octanol–water partition coefficient (Wildman–Crippen LogP) is 5.21. The quantitative estimate of drug-likeness (QED) is 0.331. The van der Waals surface area contributed by atoms with Gasteiger partial charge in [0, 0.05) is 5.56 Å². The fourth-order valence-corrected chi connectivity index (χ4v) is 4.03. The number of ether oxygens (including phenoxy) is 1. The van der Waals surface area contributed by atoms with Gasteiger partial charge < -0.3 is 19.2 Å². The molecule has 1 aliphatic heterocycles. The van der Waals surface area contributed by atoms with Gasteiger partial charge in [-0.1, -0.05) is 45.0 Å². The number of ketones is 1. The third kappa shape index (κ3) is 4.29. The van der Waals surface area contributed by atoms with E-state index in [-0.39, 0.29) is 23.3 Å². The molecule has 2 heterocycles. The van der Waals surface area contributed by atoms with Crippen molar-refractivity contribution in [2.45, 2.75) is 38.8 Å². The summed E-state index contributed by atoms with van der Waals surface area (Å²) in [6, 6.07) is 17.3. The second-order valence-corrected chi connectivity index (χ2v) is 9.11. The van der Waals surface area contributed by atoms with E-state index in [9.17, 15) is 14.7 Å². The average molecular weight is 446 g/mol. The molecule has 6 nitrogen and oxygen atoms in total. The van der Waals surface area contributed by atoms with Gasteiger partial charge in [0.25, 0.3) is 11.7 Å². The van der Waals surface area contributed by atoms with Crippen LogP contribution < -0.4 is 4.74 Å². The van der Waals surface area contributed by atoms with Crippen LogP contribution in [0.25, 0.3) is 5.76 Å². The summed E-state index contributed by atoms with van der Waals surface area (Å²) in [4.78, 5) is 27.6. The Morgan fingerprint density at radius 1 is 1.03 bits per heavy atom. The number of carbonyl (C=O) groups is 2. The van der Waals surface area contributed by atoms with Crippen LogP contribution >= 0.6 is 0 Å². The van der Waals surface area contributed by atoms with Crippen LogP contribution in [0.3, 0.4) is 0 Å². The van der Waals surface area contributed by atoms with Crippen LogP contribution in [0.1, 0.15) is 49.3 Å². The maximum atomic E-state index is 13.1. The molecule has 1 N–H and O–H groups in total. The molecule has 3 aromatic rings. The lowest BCUT2D eigenvalue weighted by Gasteiger charge is -2.26. The van der Waals surface area contributed by atoms with Crippen molar-refractivity contribution in [3.05, 3.63) is 95.0 Å². The Bertz CT molecular complexity index is 1180. The van der Waals surface area contributed by atoms with E-state index >= 15 is 0 Å². The van der Waals surface area contributed by atoms with Gasteiger partial charge in [0.2, 0.25) is 0 Å². The minimum atomic E-state index is -0.744. The van der Waals surface area contributed by atoms with E-state index < -0.39 is 17.7 Å². The molecule has 6 heteroatoms. The number of rotatable bonds is 5. The summed E-state index contributed by atoms with van der Waals surface area (Å²) in [6.45, 7) is 6.47. The molecule has 0 spiro atoms. The molecule has 1 saturated heterocycles. The van der Waals surface area contributed by atoms with Gasteiger partial charge in [0.15, 0.2) is 0 Å².